The van der Waals surface area contributed by atoms with E-state index in [1.807, 2.05) is 13.8 Å². The van der Waals surface area contributed by atoms with Gasteiger partial charge in [-0.3, -0.25) is 4.79 Å². The van der Waals surface area contributed by atoms with Gasteiger partial charge in [0.25, 0.3) is 0 Å². The van der Waals surface area contributed by atoms with E-state index in [2.05, 4.69) is 5.32 Å². The van der Waals surface area contributed by atoms with E-state index >= 15 is 0 Å². The Balaban J connectivity index is 2.66. The maximum absolute atomic E-state index is 12.4. The highest BCUT2D eigenvalue weighted by Gasteiger charge is 2.41. The SMILES string of the molecule is CCC(C)N(CCOC)C(=O)NC1(CC(=O)O)CCC1. The number of nitrogens with zero attached hydrogens (tertiary/aromatic N) is 1. The molecule has 1 aliphatic rings. The van der Waals surface area contributed by atoms with Gasteiger partial charge < -0.3 is 20.1 Å². The Morgan fingerprint density at radius 1 is 1.45 bits per heavy atom. The molecule has 6 nitrogen and oxygen atoms in total. The normalized spacial score (nSPS) is 17.9. The van der Waals surface area contributed by atoms with Crippen LogP contribution in [0.15, 0.2) is 0 Å². The number of hydrogen-bond donors (Lipinski definition) is 2. The zero-order valence-corrected chi connectivity index (χ0v) is 12.6. The lowest BCUT2D eigenvalue weighted by Gasteiger charge is -2.43. The lowest BCUT2D eigenvalue weighted by molar-refractivity contribution is -0.139. The molecule has 1 saturated carbocycles. The first-order valence-electron chi connectivity index (χ1n) is 7.23. The fraction of sp³-hybridized carbons (Fsp3) is 0.857. The van der Waals surface area contributed by atoms with Crippen molar-refractivity contribution in [2.75, 3.05) is 20.3 Å². The van der Waals surface area contributed by atoms with E-state index in [-0.39, 0.29) is 18.5 Å². The molecular weight excluding hydrogens is 260 g/mol. The van der Waals surface area contributed by atoms with Crippen LogP contribution in [0, 0.1) is 0 Å². The van der Waals surface area contributed by atoms with Crippen molar-refractivity contribution in [3.63, 3.8) is 0 Å². The molecule has 1 unspecified atom stereocenters. The van der Waals surface area contributed by atoms with Crippen molar-refractivity contribution >= 4 is 12.0 Å². The fourth-order valence-corrected chi connectivity index (χ4v) is 2.47. The van der Waals surface area contributed by atoms with Crippen LogP contribution in [0.2, 0.25) is 0 Å². The lowest BCUT2D eigenvalue weighted by atomic mass is 9.74. The second-order valence-corrected chi connectivity index (χ2v) is 5.58. The highest BCUT2D eigenvalue weighted by atomic mass is 16.5. The minimum atomic E-state index is -0.864. The average molecular weight is 286 g/mol. The quantitative estimate of drug-likeness (QED) is 0.713. The molecule has 20 heavy (non-hydrogen) atoms. The van der Waals surface area contributed by atoms with E-state index in [0.29, 0.717) is 13.2 Å². The number of aliphatic carboxylic acids is 1. The number of urea groups is 1. The molecule has 0 spiro atoms. The van der Waals surface area contributed by atoms with Gasteiger partial charge in [-0.15, -0.1) is 0 Å². The van der Waals surface area contributed by atoms with Gasteiger partial charge >= 0.3 is 12.0 Å². The summed E-state index contributed by atoms with van der Waals surface area (Å²) in [5.74, 6) is -0.864. The van der Waals surface area contributed by atoms with Crippen molar-refractivity contribution in [2.45, 2.75) is 57.5 Å². The lowest BCUT2D eigenvalue weighted by Crippen LogP contribution is -2.59. The minimum absolute atomic E-state index is 0.00262. The van der Waals surface area contributed by atoms with E-state index in [1.165, 1.54) is 0 Å². The van der Waals surface area contributed by atoms with Gasteiger partial charge in [-0.2, -0.15) is 0 Å². The third kappa shape index (κ3) is 4.37. The van der Waals surface area contributed by atoms with Gasteiger partial charge in [0.15, 0.2) is 0 Å². The highest BCUT2D eigenvalue weighted by Crippen LogP contribution is 2.35. The van der Waals surface area contributed by atoms with Crippen LogP contribution in [0.5, 0.6) is 0 Å². The van der Waals surface area contributed by atoms with E-state index in [0.717, 1.165) is 25.7 Å². The number of rotatable bonds is 8. The number of amides is 2. The number of carboxylic acid groups (broad SMARTS) is 1. The van der Waals surface area contributed by atoms with E-state index in [4.69, 9.17) is 9.84 Å². The number of nitrogens with one attached hydrogen (secondary N) is 1. The average Bonchev–Trinajstić information content (AvgIpc) is 2.35. The molecule has 1 aliphatic carbocycles. The van der Waals surface area contributed by atoms with Crippen molar-refractivity contribution in [1.82, 2.24) is 10.2 Å². The predicted octanol–water partition coefficient (Wildman–Crippen LogP) is 1.84. The van der Waals surface area contributed by atoms with Crippen LogP contribution in [0.3, 0.4) is 0 Å². The molecule has 0 bridgehead atoms. The molecule has 0 radical (unpaired) electrons. The third-order valence-electron chi connectivity index (χ3n) is 4.09. The Bertz CT molecular complexity index is 342. The first kappa shape index (κ1) is 16.8. The Morgan fingerprint density at radius 3 is 2.50 bits per heavy atom. The molecule has 0 aliphatic heterocycles. The van der Waals surface area contributed by atoms with Gasteiger partial charge in [0, 0.05) is 19.7 Å². The number of carbonyl (C=O) groups is 2. The van der Waals surface area contributed by atoms with Crippen molar-refractivity contribution in [1.29, 1.82) is 0 Å². The summed E-state index contributed by atoms with van der Waals surface area (Å²) < 4.78 is 5.04. The topological polar surface area (TPSA) is 78.9 Å². The zero-order valence-electron chi connectivity index (χ0n) is 12.6. The Morgan fingerprint density at radius 2 is 2.10 bits per heavy atom. The van der Waals surface area contributed by atoms with Crippen molar-refractivity contribution in [2.24, 2.45) is 0 Å². The predicted molar refractivity (Wildman–Crippen MR) is 75.7 cm³/mol. The Kier molecular flexibility index (Phi) is 6.26. The molecule has 1 fully saturated rings. The van der Waals surface area contributed by atoms with Crippen LogP contribution < -0.4 is 5.32 Å². The fourth-order valence-electron chi connectivity index (χ4n) is 2.47. The standard InChI is InChI=1S/C14H26N2O4/c1-4-11(2)16(8-9-20-3)13(19)15-14(6-5-7-14)10-12(17)18/h11H,4-10H2,1-3H3,(H,15,19)(H,17,18). The van der Waals surface area contributed by atoms with E-state index in [9.17, 15) is 9.59 Å². The molecular formula is C14H26N2O4. The molecule has 0 aromatic carbocycles. The van der Waals surface area contributed by atoms with Crippen LogP contribution in [0.1, 0.15) is 46.0 Å². The third-order valence-corrected chi connectivity index (χ3v) is 4.09. The second-order valence-electron chi connectivity index (χ2n) is 5.58. The van der Waals surface area contributed by atoms with Crippen LogP contribution >= 0.6 is 0 Å². The number of ether oxygens (including phenoxy) is 1. The molecule has 116 valence electrons. The van der Waals surface area contributed by atoms with Crippen molar-refractivity contribution < 1.29 is 19.4 Å². The monoisotopic (exact) mass is 286 g/mol. The Labute approximate surface area is 120 Å². The van der Waals surface area contributed by atoms with Gasteiger partial charge in [-0.1, -0.05) is 6.92 Å². The highest BCUT2D eigenvalue weighted by molar-refractivity contribution is 5.77. The Hall–Kier alpha value is -1.30. The summed E-state index contributed by atoms with van der Waals surface area (Å²) in [5, 5.41) is 11.9. The summed E-state index contributed by atoms with van der Waals surface area (Å²) in [5.41, 5.74) is -0.554. The second kappa shape index (κ2) is 7.47. The number of hydrogen-bond acceptors (Lipinski definition) is 3. The van der Waals surface area contributed by atoms with Crippen LogP contribution in [0.25, 0.3) is 0 Å². The summed E-state index contributed by atoms with van der Waals surface area (Å²) in [6, 6.07) is -0.0792. The van der Waals surface area contributed by atoms with Gasteiger partial charge in [0.2, 0.25) is 0 Å². The van der Waals surface area contributed by atoms with Gasteiger partial charge in [0.05, 0.1) is 18.6 Å². The zero-order chi connectivity index (χ0) is 15.2. The summed E-state index contributed by atoms with van der Waals surface area (Å²) >= 11 is 0. The molecule has 0 aromatic rings. The van der Waals surface area contributed by atoms with Crippen LogP contribution in [-0.2, 0) is 9.53 Å². The molecule has 2 amide bonds. The van der Waals surface area contributed by atoms with Crippen LogP contribution in [0.4, 0.5) is 4.79 Å². The van der Waals surface area contributed by atoms with Gasteiger partial charge in [0.1, 0.15) is 0 Å². The molecule has 1 rings (SSSR count). The van der Waals surface area contributed by atoms with Crippen molar-refractivity contribution in [3.8, 4) is 0 Å². The van der Waals surface area contributed by atoms with Gasteiger partial charge in [-0.05, 0) is 32.6 Å². The van der Waals surface area contributed by atoms with Gasteiger partial charge in [-0.25, -0.2) is 4.79 Å². The summed E-state index contributed by atoms with van der Waals surface area (Å²) in [6.45, 7) is 5.00. The maximum Gasteiger partial charge on any atom is 0.318 e. The summed E-state index contributed by atoms with van der Waals surface area (Å²) in [6.07, 6.45) is 3.29. The first-order valence-corrected chi connectivity index (χ1v) is 7.23. The van der Waals surface area contributed by atoms with E-state index in [1.54, 1.807) is 12.0 Å². The first-order chi connectivity index (χ1) is 9.44. The maximum atomic E-state index is 12.4. The van der Waals surface area contributed by atoms with Crippen molar-refractivity contribution in [3.05, 3.63) is 0 Å². The largest absolute Gasteiger partial charge is 0.481 e. The smallest absolute Gasteiger partial charge is 0.318 e. The summed E-state index contributed by atoms with van der Waals surface area (Å²) in [4.78, 5) is 25.1. The number of methoxy groups -OCH3 is 1. The molecule has 1 atom stereocenters. The molecule has 0 aromatic heterocycles. The molecule has 0 heterocycles. The molecule has 2 N–H and O–H groups in total. The molecule has 0 saturated heterocycles. The minimum Gasteiger partial charge on any atom is -0.481 e. The summed E-state index contributed by atoms with van der Waals surface area (Å²) in [7, 11) is 1.60. The van der Waals surface area contributed by atoms with Crippen LogP contribution in [-0.4, -0.2) is 53.8 Å². The number of carbonyl (C=O) groups excluding carboxylic acids is 1. The van der Waals surface area contributed by atoms with E-state index < -0.39 is 11.5 Å². The number of carboxylic acids is 1. The molecule has 6 heteroatoms.